The van der Waals surface area contributed by atoms with Crippen LogP contribution in [-0.2, 0) is 0 Å². The summed E-state index contributed by atoms with van der Waals surface area (Å²) in [5, 5.41) is 4.20. The van der Waals surface area contributed by atoms with Crippen LogP contribution in [0.15, 0.2) is 5.29 Å². The quantitative estimate of drug-likeness (QED) is 0.454. The highest BCUT2D eigenvalue weighted by Crippen LogP contribution is 1.91. The molecule has 4 nitrogen and oxygen atoms in total. The Kier molecular flexibility index (Phi) is 7.03. The summed E-state index contributed by atoms with van der Waals surface area (Å²) in [7, 11) is 0. The number of hydrogen-bond donors (Lipinski definition) is 1. The van der Waals surface area contributed by atoms with E-state index in [1.165, 1.54) is 5.12 Å². The third-order valence-electron chi connectivity index (χ3n) is 1.37. The van der Waals surface area contributed by atoms with Gasteiger partial charge in [0.1, 0.15) is 0 Å². The third kappa shape index (κ3) is 5.79. The molecule has 0 rings (SSSR count). The van der Waals surface area contributed by atoms with Gasteiger partial charge in [0.2, 0.25) is 0 Å². The van der Waals surface area contributed by atoms with Gasteiger partial charge in [-0.15, -0.1) is 4.91 Å². The van der Waals surface area contributed by atoms with Crippen LogP contribution in [0.25, 0.3) is 0 Å². The van der Waals surface area contributed by atoms with Gasteiger partial charge >= 0.3 is 0 Å². The van der Waals surface area contributed by atoms with E-state index >= 15 is 0 Å². The summed E-state index contributed by atoms with van der Waals surface area (Å²) in [6.07, 6.45) is 3.10. The van der Waals surface area contributed by atoms with E-state index < -0.39 is 0 Å². The number of nitrogens with one attached hydrogen (secondary N) is 1. The second kappa shape index (κ2) is 7.47. The van der Waals surface area contributed by atoms with Crippen molar-refractivity contribution in [2.45, 2.75) is 33.1 Å². The van der Waals surface area contributed by atoms with Gasteiger partial charge in [-0.2, -0.15) is 5.12 Å². The van der Waals surface area contributed by atoms with E-state index in [-0.39, 0.29) is 0 Å². The monoisotopic (exact) mass is 159 g/mol. The topological polar surface area (TPSA) is 44.7 Å². The van der Waals surface area contributed by atoms with Crippen molar-refractivity contribution in [3.8, 4) is 0 Å². The van der Waals surface area contributed by atoms with Crippen molar-refractivity contribution in [2.24, 2.45) is 5.29 Å². The van der Waals surface area contributed by atoms with Crippen LogP contribution in [0.3, 0.4) is 0 Å². The van der Waals surface area contributed by atoms with Gasteiger partial charge in [-0.05, 0) is 12.8 Å². The Balaban J connectivity index is 3.33. The highest BCUT2D eigenvalue weighted by molar-refractivity contribution is 4.44. The molecule has 0 radical (unpaired) electrons. The maximum atomic E-state index is 10.1. The van der Waals surface area contributed by atoms with Gasteiger partial charge in [0.05, 0.1) is 11.8 Å². The average Bonchev–Trinajstić information content (AvgIpc) is 2.05. The van der Waals surface area contributed by atoms with Gasteiger partial charge in [0.15, 0.2) is 0 Å². The third-order valence-corrected chi connectivity index (χ3v) is 1.37. The number of hydrazine groups is 1. The molecule has 0 atom stereocenters. The molecule has 0 spiro atoms. The van der Waals surface area contributed by atoms with Crippen molar-refractivity contribution in [3.05, 3.63) is 4.91 Å². The fraction of sp³-hybridized carbons (Fsp3) is 1.00. The van der Waals surface area contributed by atoms with Crippen LogP contribution in [-0.4, -0.2) is 18.2 Å². The summed E-state index contributed by atoms with van der Waals surface area (Å²) in [6.45, 7) is 5.66. The van der Waals surface area contributed by atoms with E-state index in [1.54, 1.807) is 0 Å². The molecule has 0 aromatic rings. The molecule has 4 heteroatoms. The van der Waals surface area contributed by atoms with Crippen LogP contribution in [0, 0.1) is 4.91 Å². The summed E-state index contributed by atoms with van der Waals surface area (Å²) < 4.78 is 0. The molecular formula is C7H17N3O. The van der Waals surface area contributed by atoms with Crippen molar-refractivity contribution in [1.29, 1.82) is 0 Å². The molecule has 0 amide bonds. The second-order valence-corrected chi connectivity index (χ2v) is 2.47. The lowest BCUT2D eigenvalue weighted by molar-refractivity contribution is 0.190. The van der Waals surface area contributed by atoms with E-state index in [0.29, 0.717) is 6.54 Å². The van der Waals surface area contributed by atoms with Crippen LogP contribution in [0.5, 0.6) is 0 Å². The number of nitroso groups, excluding NO2 is 1. The average molecular weight is 159 g/mol. The van der Waals surface area contributed by atoms with E-state index in [2.05, 4.69) is 24.6 Å². The van der Waals surface area contributed by atoms with Crippen molar-refractivity contribution < 1.29 is 0 Å². The number of rotatable bonds is 7. The molecule has 0 aliphatic heterocycles. The molecule has 0 aliphatic rings. The lowest BCUT2D eigenvalue weighted by Gasteiger charge is -2.14. The van der Waals surface area contributed by atoms with Gasteiger partial charge in [-0.3, -0.25) is 0 Å². The molecule has 0 aromatic carbocycles. The fourth-order valence-electron chi connectivity index (χ4n) is 0.697. The lowest BCUT2D eigenvalue weighted by Crippen LogP contribution is -2.34. The zero-order chi connectivity index (χ0) is 8.53. The first-order valence-electron chi connectivity index (χ1n) is 4.19. The Morgan fingerprint density at radius 1 is 1.36 bits per heavy atom. The van der Waals surface area contributed by atoms with Crippen molar-refractivity contribution in [1.82, 2.24) is 10.5 Å². The van der Waals surface area contributed by atoms with Gasteiger partial charge in [0.25, 0.3) is 0 Å². The maximum absolute atomic E-state index is 10.1. The first-order chi connectivity index (χ1) is 5.35. The van der Waals surface area contributed by atoms with Crippen LogP contribution in [0.2, 0.25) is 0 Å². The SMILES string of the molecule is CCCCN(N=O)NCCC. The first-order valence-corrected chi connectivity index (χ1v) is 4.19. The molecule has 0 saturated heterocycles. The molecule has 0 aliphatic carbocycles. The number of unbranched alkanes of at least 4 members (excludes halogenated alkanes) is 1. The highest BCUT2D eigenvalue weighted by atomic mass is 16.3. The van der Waals surface area contributed by atoms with Crippen LogP contribution < -0.4 is 5.43 Å². The summed E-state index contributed by atoms with van der Waals surface area (Å²) in [4.78, 5) is 10.1. The predicted molar refractivity (Wildman–Crippen MR) is 45.7 cm³/mol. The maximum Gasteiger partial charge on any atom is 0.0684 e. The molecule has 66 valence electrons. The minimum Gasteiger partial charge on any atom is -0.215 e. The van der Waals surface area contributed by atoms with Gasteiger partial charge in [-0.1, -0.05) is 20.3 Å². The van der Waals surface area contributed by atoms with E-state index in [1.807, 2.05) is 0 Å². The molecule has 0 saturated carbocycles. The molecule has 0 unspecified atom stereocenters. The van der Waals surface area contributed by atoms with Gasteiger partial charge < -0.3 is 0 Å². The smallest absolute Gasteiger partial charge is 0.0684 e. The largest absolute Gasteiger partial charge is 0.215 e. The van der Waals surface area contributed by atoms with Crippen LogP contribution in [0.1, 0.15) is 33.1 Å². The Morgan fingerprint density at radius 3 is 2.55 bits per heavy atom. The highest BCUT2D eigenvalue weighted by Gasteiger charge is 1.98. The first kappa shape index (κ1) is 10.4. The minimum absolute atomic E-state index is 0.708. The van der Waals surface area contributed by atoms with Gasteiger partial charge in [-0.25, -0.2) is 5.43 Å². The Hall–Kier alpha value is -0.640. The van der Waals surface area contributed by atoms with Crippen molar-refractivity contribution in [2.75, 3.05) is 13.1 Å². The molecule has 1 N–H and O–H groups in total. The van der Waals surface area contributed by atoms with E-state index in [9.17, 15) is 4.91 Å². The zero-order valence-corrected chi connectivity index (χ0v) is 7.34. The fourth-order valence-corrected chi connectivity index (χ4v) is 0.697. The van der Waals surface area contributed by atoms with E-state index in [4.69, 9.17) is 0 Å². The Morgan fingerprint density at radius 2 is 2.09 bits per heavy atom. The predicted octanol–water partition coefficient (Wildman–Crippen LogP) is 1.68. The second-order valence-electron chi connectivity index (χ2n) is 2.47. The van der Waals surface area contributed by atoms with Crippen molar-refractivity contribution in [3.63, 3.8) is 0 Å². The molecule has 0 aromatic heterocycles. The molecule has 11 heavy (non-hydrogen) atoms. The normalized spacial score (nSPS) is 9.64. The Bertz CT molecular complexity index is 89.7. The summed E-state index contributed by atoms with van der Waals surface area (Å²) in [5.74, 6) is 0. The summed E-state index contributed by atoms with van der Waals surface area (Å²) in [5.41, 5.74) is 2.91. The molecule has 0 fully saturated rings. The summed E-state index contributed by atoms with van der Waals surface area (Å²) in [6, 6.07) is 0. The van der Waals surface area contributed by atoms with Crippen molar-refractivity contribution >= 4 is 0 Å². The molecule has 0 heterocycles. The number of hydrogen-bond acceptors (Lipinski definition) is 3. The molecular weight excluding hydrogens is 142 g/mol. The standard InChI is InChI=1S/C7H17N3O/c1-3-5-7-10(9-11)8-6-4-2/h8H,3-7H2,1-2H3. The van der Waals surface area contributed by atoms with Gasteiger partial charge in [0, 0.05) is 6.54 Å². The zero-order valence-electron chi connectivity index (χ0n) is 7.34. The van der Waals surface area contributed by atoms with Crippen LogP contribution >= 0.6 is 0 Å². The van der Waals surface area contributed by atoms with E-state index in [0.717, 1.165) is 25.8 Å². The van der Waals surface area contributed by atoms with Crippen LogP contribution in [0.4, 0.5) is 0 Å². The lowest BCUT2D eigenvalue weighted by atomic mass is 10.3. The summed E-state index contributed by atoms with van der Waals surface area (Å²) >= 11 is 0. The number of nitrogens with zero attached hydrogens (tertiary/aromatic N) is 2. The minimum atomic E-state index is 0.708. The molecule has 0 bridgehead atoms. The Labute approximate surface area is 67.9 Å².